The summed E-state index contributed by atoms with van der Waals surface area (Å²) in [6.45, 7) is 4.79. The highest BCUT2D eigenvalue weighted by atomic mass is 16.5. The molecule has 1 fully saturated rings. The van der Waals surface area contributed by atoms with Gasteiger partial charge in [0.2, 0.25) is 5.91 Å². The Bertz CT molecular complexity index is 402. The summed E-state index contributed by atoms with van der Waals surface area (Å²) >= 11 is 0. The highest BCUT2D eigenvalue weighted by Gasteiger charge is 2.25. The topological polar surface area (TPSA) is 50.4 Å². The summed E-state index contributed by atoms with van der Waals surface area (Å²) in [6.07, 6.45) is 2.41. The molecule has 0 bridgehead atoms. The van der Waals surface area contributed by atoms with Gasteiger partial charge in [-0.25, -0.2) is 0 Å². The largest absolute Gasteiger partial charge is 0.377 e. The molecule has 0 radical (unpaired) electrons. The van der Waals surface area contributed by atoms with Gasteiger partial charge in [-0.15, -0.1) is 0 Å². The maximum Gasteiger partial charge on any atom is 0.241 e. The molecule has 0 aliphatic carbocycles. The zero-order chi connectivity index (χ0) is 13.7. The molecule has 0 aromatic heterocycles. The summed E-state index contributed by atoms with van der Waals surface area (Å²) in [4.78, 5) is 12.0. The summed E-state index contributed by atoms with van der Waals surface area (Å²) in [5.41, 5.74) is 0.825. The van der Waals surface area contributed by atoms with Crippen LogP contribution in [0.25, 0.3) is 0 Å². The van der Waals surface area contributed by atoms with Crippen molar-refractivity contribution < 1.29 is 9.53 Å². The zero-order valence-corrected chi connectivity index (χ0v) is 11.6. The Morgan fingerprint density at radius 3 is 2.68 bits per heavy atom. The molecule has 1 heterocycles. The van der Waals surface area contributed by atoms with Crippen LogP contribution in [0.15, 0.2) is 30.3 Å². The molecule has 1 aromatic carbocycles. The molecular formula is C15H22N2O2. The first-order chi connectivity index (χ1) is 9.16. The fourth-order valence-electron chi connectivity index (χ4n) is 2.35. The summed E-state index contributed by atoms with van der Waals surface area (Å²) < 4.78 is 5.62. The van der Waals surface area contributed by atoms with E-state index >= 15 is 0 Å². The monoisotopic (exact) mass is 262 g/mol. The average Bonchev–Trinajstić information content (AvgIpc) is 2.93. The normalized spacial score (nSPS) is 21.9. The van der Waals surface area contributed by atoms with E-state index in [4.69, 9.17) is 4.74 Å². The first kappa shape index (κ1) is 14.0. The number of rotatable bonds is 5. The van der Waals surface area contributed by atoms with Gasteiger partial charge in [0.1, 0.15) is 0 Å². The van der Waals surface area contributed by atoms with Crippen LogP contribution in [-0.4, -0.2) is 30.7 Å². The number of benzene rings is 1. The van der Waals surface area contributed by atoms with Gasteiger partial charge in [-0.05, 0) is 38.8 Å². The van der Waals surface area contributed by atoms with Crippen molar-refractivity contribution in [3.05, 3.63) is 30.3 Å². The summed E-state index contributed by atoms with van der Waals surface area (Å²) in [5, 5.41) is 6.20. The van der Waals surface area contributed by atoms with E-state index in [1.165, 1.54) is 0 Å². The SMILES string of the molecule is CC(NC(C)C1CCCO1)C(=O)Nc1ccccc1. The molecule has 19 heavy (non-hydrogen) atoms. The molecule has 0 spiro atoms. The van der Waals surface area contributed by atoms with E-state index in [0.717, 1.165) is 25.1 Å². The van der Waals surface area contributed by atoms with Crippen LogP contribution >= 0.6 is 0 Å². The molecule has 1 amide bonds. The number of hydrogen-bond donors (Lipinski definition) is 2. The third-order valence-corrected chi connectivity index (χ3v) is 3.47. The average molecular weight is 262 g/mol. The van der Waals surface area contributed by atoms with Gasteiger partial charge in [0.25, 0.3) is 0 Å². The molecule has 3 atom stereocenters. The van der Waals surface area contributed by atoms with Gasteiger partial charge in [-0.2, -0.15) is 0 Å². The third-order valence-electron chi connectivity index (χ3n) is 3.47. The number of para-hydroxylation sites is 1. The summed E-state index contributed by atoms with van der Waals surface area (Å²) in [5.74, 6) is -0.0175. The fraction of sp³-hybridized carbons (Fsp3) is 0.533. The first-order valence-corrected chi connectivity index (χ1v) is 6.90. The van der Waals surface area contributed by atoms with E-state index in [9.17, 15) is 4.79 Å². The molecule has 1 aromatic rings. The number of anilines is 1. The Morgan fingerprint density at radius 2 is 2.05 bits per heavy atom. The number of hydrogen-bond acceptors (Lipinski definition) is 3. The van der Waals surface area contributed by atoms with E-state index in [0.29, 0.717) is 0 Å². The van der Waals surface area contributed by atoms with Crippen molar-refractivity contribution in [2.24, 2.45) is 0 Å². The smallest absolute Gasteiger partial charge is 0.241 e. The molecule has 1 aliphatic heterocycles. The molecule has 4 nitrogen and oxygen atoms in total. The van der Waals surface area contributed by atoms with Gasteiger partial charge in [0.15, 0.2) is 0 Å². The maximum atomic E-state index is 12.0. The van der Waals surface area contributed by atoms with Crippen LogP contribution in [0.2, 0.25) is 0 Å². The number of carbonyl (C=O) groups is 1. The van der Waals surface area contributed by atoms with E-state index in [-0.39, 0.29) is 24.1 Å². The second kappa shape index (κ2) is 6.68. The van der Waals surface area contributed by atoms with Crippen molar-refractivity contribution in [2.75, 3.05) is 11.9 Å². The van der Waals surface area contributed by atoms with E-state index in [1.54, 1.807) is 0 Å². The molecule has 2 rings (SSSR count). The number of ether oxygens (including phenoxy) is 1. The van der Waals surface area contributed by atoms with E-state index in [2.05, 4.69) is 17.6 Å². The molecule has 1 saturated heterocycles. The Hall–Kier alpha value is -1.39. The van der Waals surface area contributed by atoms with Crippen molar-refractivity contribution in [3.8, 4) is 0 Å². The van der Waals surface area contributed by atoms with Crippen molar-refractivity contribution >= 4 is 11.6 Å². The Morgan fingerprint density at radius 1 is 1.32 bits per heavy atom. The summed E-state index contributed by atoms with van der Waals surface area (Å²) in [6, 6.07) is 9.46. The lowest BCUT2D eigenvalue weighted by Gasteiger charge is -2.23. The first-order valence-electron chi connectivity index (χ1n) is 6.90. The standard InChI is InChI=1S/C15H22N2O2/c1-11(14-9-6-10-19-14)16-12(2)15(18)17-13-7-4-3-5-8-13/h3-5,7-8,11-12,14,16H,6,9-10H2,1-2H3,(H,17,18). The Labute approximate surface area is 114 Å². The van der Waals surface area contributed by atoms with Gasteiger partial charge in [-0.3, -0.25) is 4.79 Å². The van der Waals surface area contributed by atoms with Gasteiger partial charge >= 0.3 is 0 Å². The van der Waals surface area contributed by atoms with Gasteiger partial charge in [-0.1, -0.05) is 18.2 Å². The van der Waals surface area contributed by atoms with Crippen LogP contribution in [0.5, 0.6) is 0 Å². The number of carbonyl (C=O) groups excluding carboxylic acids is 1. The molecule has 1 aliphatic rings. The number of nitrogens with one attached hydrogen (secondary N) is 2. The maximum absolute atomic E-state index is 12.0. The van der Waals surface area contributed by atoms with Crippen molar-refractivity contribution in [1.29, 1.82) is 0 Å². The number of amides is 1. The van der Waals surface area contributed by atoms with Crippen LogP contribution < -0.4 is 10.6 Å². The van der Waals surface area contributed by atoms with Crippen molar-refractivity contribution in [2.45, 2.75) is 44.9 Å². The second-order valence-corrected chi connectivity index (χ2v) is 5.08. The van der Waals surface area contributed by atoms with E-state index < -0.39 is 0 Å². The molecule has 0 saturated carbocycles. The van der Waals surface area contributed by atoms with Crippen molar-refractivity contribution in [1.82, 2.24) is 5.32 Å². The summed E-state index contributed by atoms with van der Waals surface area (Å²) in [7, 11) is 0. The third kappa shape index (κ3) is 4.04. The molecule has 2 N–H and O–H groups in total. The highest BCUT2D eigenvalue weighted by molar-refractivity contribution is 5.94. The minimum Gasteiger partial charge on any atom is -0.377 e. The fourth-order valence-corrected chi connectivity index (χ4v) is 2.35. The van der Waals surface area contributed by atoms with Crippen LogP contribution in [0.4, 0.5) is 5.69 Å². The Balaban J connectivity index is 1.81. The molecule has 3 unspecified atom stereocenters. The lowest BCUT2D eigenvalue weighted by Crippen LogP contribution is -2.47. The van der Waals surface area contributed by atoms with Gasteiger partial charge in [0, 0.05) is 18.3 Å². The minimum atomic E-state index is -0.237. The Kier molecular flexibility index (Phi) is 4.93. The predicted octanol–water partition coefficient (Wildman–Crippen LogP) is 2.17. The van der Waals surface area contributed by atoms with Crippen LogP contribution in [-0.2, 0) is 9.53 Å². The van der Waals surface area contributed by atoms with Crippen LogP contribution in [0, 0.1) is 0 Å². The lowest BCUT2D eigenvalue weighted by molar-refractivity contribution is -0.118. The zero-order valence-electron chi connectivity index (χ0n) is 11.6. The predicted molar refractivity (Wildman–Crippen MR) is 76.1 cm³/mol. The molecule has 104 valence electrons. The van der Waals surface area contributed by atoms with Crippen LogP contribution in [0.3, 0.4) is 0 Å². The van der Waals surface area contributed by atoms with Gasteiger partial charge < -0.3 is 15.4 Å². The van der Waals surface area contributed by atoms with Gasteiger partial charge in [0.05, 0.1) is 12.1 Å². The quantitative estimate of drug-likeness (QED) is 0.855. The second-order valence-electron chi connectivity index (χ2n) is 5.08. The van der Waals surface area contributed by atoms with Crippen LogP contribution in [0.1, 0.15) is 26.7 Å². The minimum absolute atomic E-state index is 0.0175. The molecule has 4 heteroatoms. The van der Waals surface area contributed by atoms with Crippen molar-refractivity contribution in [3.63, 3.8) is 0 Å². The molecular weight excluding hydrogens is 240 g/mol. The highest BCUT2D eigenvalue weighted by Crippen LogP contribution is 2.16. The lowest BCUT2D eigenvalue weighted by atomic mass is 10.1. The van der Waals surface area contributed by atoms with E-state index in [1.807, 2.05) is 37.3 Å².